The second kappa shape index (κ2) is 6.96. The number of nitrogens with zero attached hydrogens (tertiary/aromatic N) is 1. The Bertz CT molecular complexity index is 374. The quantitative estimate of drug-likeness (QED) is 0.861. The summed E-state index contributed by atoms with van der Waals surface area (Å²) >= 11 is 0. The smallest absolute Gasteiger partial charge is 0.141 e. The number of pyridine rings is 1. The highest BCUT2D eigenvalue weighted by molar-refractivity contribution is 5.09. The molecule has 2 rings (SSSR count). The van der Waals surface area contributed by atoms with Crippen LogP contribution in [0.25, 0.3) is 0 Å². The Morgan fingerprint density at radius 1 is 1.37 bits per heavy atom. The van der Waals surface area contributed by atoms with E-state index in [9.17, 15) is 9.50 Å². The molecule has 1 atom stereocenters. The SMILES string of the molecule is CCC(NCC1CCC(O)CC1)c1ccc(F)cn1. The maximum atomic E-state index is 12.9. The van der Waals surface area contributed by atoms with Crippen LogP contribution in [-0.2, 0) is 0 Å². The standard InChI is InChI=1S/C15H23FN2O/c1-2-14(15-8-5-12(16)10-18-15)17-9-11-3-6-13(19)7-4-11/h5,8,10-11,13-14,17,19H,2-4,6-7,9H2,1H3. The number of aliphatic hydroxyl groups excluding tert-OH is 1. The van der Waals surface area contributed by atoms with Crippen molar-refractivity contribution in [2.45, 2.75) is 51.2 Å². The first-order chi connectivity index (χ1) is 9.19. The van der Waals surface area contributed by atoms with Gasteiger partial charge in [-0.1, -0.05) is 6.92 Å². The summed E-state index contributed by atoms with van der Waals surface area (Å²) < 4.78 is 12.9. The van der Waals surface area contributed by atoms with Crippen molar-refractivity contribution in [3.8, 4) is 0 Å². The second-order valence-electron chi connectivity index (χ2n) is 5.44. The topological polar surface area (TPSA) is 45.1 Å². The lowest BCUT2D eigenvalue weighted by Crippen LogP contribution is -2.30. The normalized spacial score (nSPS) is 25.2. The third kappa shape index (κ3) is 4.25. The summed E-state index contributed by atoms with van der Waals surface area (Å²) in [5, 5.41) is 13.0. The van der Waals surface area contributed by atoms with Crippen molar-refractivity contribution in [2.75, 3.05) is 6.54 Å². The van der Waals surface area contributed by atoms with Crippen LogP contribution in [0.3, 0.4) is 0 Å². The van der Waals surface area contributed by atoms with E-state index < -0.39 is 0 Å². The highest BCUT2D eigenvalue weighted by Gasteiger charge is 2.20. The number of aromatic nitrogens is 1. The van der Waals surface area contributed by atoms with Crippen molar-refractivity contribution in [3.63, 3.8) is 0 Å². The minimum absolute atomic E-state index is 0.100. The van der Waals surface area contributed by atoms with Gasteiger partial charge in [0.1, 0.15) is 5.82 Å². The van der Waals surface area contributed by atoms with E-state index in [1.54, 1.807) is 6.07 Å². The average Bonchev–Trinajstić information content (AvgIpc) is 2.43. The first-order valence-electron chi connectivity index (χ1n) is 7.22. The summed E-state index contributed by atoms with van der Waals surface area (Å²) in [5.41, 5.74) is 0.903. The molecule has 0 spiro atoms. The van der Waals surface area contributed by atoms with Crippen molar-refractivity contribution in [1.29, 1.82) is 0 Å². The van der Waals surface area contributed by atoms with E-state index in [0.717, 1.165) is 44.3 Å². The highest BCUT2D eigenvalue weighted by atomic mass is 19.1. The van der Waals surface area contributed by atoms with Gasteiger partial charge in [0.15, 0.2) is 0 Å². The fraction of sp³-hybridized carbons (Fsp3) is 0.667. The van der Waals surface area contributed by atoms with Crippen LogP contribution in [0.5, 0.6) is 0 Å². The van der Waals surface area contributed by atoms with E-state index in [4.69, 9.17) is 0 Å². The molecule has 106 valence electrons. The summed E-state index contributed by atoms with van der Waals surface area (Å²) in [5.74, 6) is 0.345. The molecule has 0 aliphatic heterocycles. The zero-order valence-corrected chi connectivity index (χ0v) is 11.5. The molecular weight excluding hydrogens is 243 g/mol. The lowest BCUT2D eigenvalue weighted by Gasteiger charge is -2.27. The minimum atomic E-state index is -0.292. The monoisotopic (exact) mass is 266 g/mol. The molecule has 1 fully saturated rings. The fourth-order valence-corrected chi connectivity index (χ4v) is 2.71. The molecule has 0 radical (unpaired) electrons. The fourth-order valence-electron chi connectivity index (χ4n) is 2.71. The average molecular weight is 266 g/mol. The van der Waals surface area contributed by atoms with Gasteiger partial charge in [0.05, 0.1) is 18.0 Å². The van der Waals surface area contributed by atoms with Gasteiger partial charge in [-0.25, -0.2) is 4.39 Å². The summed E-state index contributed by atoms with van der Waals surface area (Å²) in [6.07, 6.45) is 6.11. The van der Waals surface area contributed by atoms with Gasteiger partial charge in [-0.3, -0.25) is 4.98 Å². The van der Waals surface area contributed by atoms with Crippen LogP contribution in [0.4, 0.5) is 4.39 Å². The van der Waals surface area contributed by atoms with Gasteiger partial charge in [0, 0.05) is 6.04 Å². The maximum absolute atomic E-state index is 12.9. The minimum Gasteiger partial charge on any atom is -0.393 e. The zero-order valence-electron chi connectivity index (χ0n) is 11.5. The Hall–Kier alpha value is -1.00. The van der Waals surface area contributed by atoms with Crippen LogP contribution in [0.2, 0.25) is 0 Å². The lowest BCUT2D eigenvalue weighted by molar-refractivity contribution is 0.107. The molecule has 1 saturated carbocycles. The van der Waals surface area contributed by atoms with Crippen LogP contribution in [-0.4, -0.2) is 22.7 Å². The van der Waals surface area contributed by atoms with Crippen LogP contribution in [0, 0.1) is 11.7 Å². The van der Waals surface area contributed by atoms with E-state index >= 15 is 0 Å². The van der Waals surface area contributed by atoms with Gasteiger partial charge >= 0.3 is 0 Å². The molecule has 1 unspecified atom stereocenters. The summed E-state index contributed by atoms with van der Waals surface area (Å²) in [7, 11) is 0. The van der Waals surface area contributed by atoms with Gasteiger partial charge in [-0.2, -0.15) is 0 Å². The van der Waals surface area contributed by atoms with Crippen molar-refractivity contribution in [3.05, 3.63) is 29.8 Å². The van der Waals surface area contributed by atoms with Crippen molar-refractivity contribution in [2.24, 2.45) is 5.92 Å². The first kappa shape index (κ1) is 14.4. The molecule has 1 aromatic heterocycles. The predicted octanol–water partition coefficient (Wildman–Crippen LogP) is 2.81. The van der Waals surface area contributed by atoms with Crippen LogP contribution >= 0.6 is 0 Å². The zero-order chi connectivity index (χ0) is 13.7. The van der Waals surface area contributed by atoms with E-state index in [1.165, 1.54) is 12.3 Å². The molecule has 0 amide bonds. The maximum Gasteiger partial charge on any atom is 0.141 e. The Balaban J connectivity index is 1.84. The Labute approximate surface area is 114 Å². The summed E-state index contributed by atoms with van der Waals surface area (Å²) in [6.45, 7) is 3.05. The largest absolute Gasteiger partial charge is 0.393 e. The van der Waals surface area contributed by atoms with E-state index in [1.807, 2.05) is 0 Å². The molecule has 1 aliphatic rings. The third-order valence-corrected chi connectivity index (χ3v) is 3.98. The molecule has 3 nitrogen and oxygen atoms in total. The van der Waals surface area contributed by atoms with E-state index in [2.05, 4.69) is 17.2 Å². The summed E-state index contributed by atoms with van der Waals surface area (Å²) in [4.78, 5) is 4.15. The van der Waals surface area contributed by atoms with Gasteiger partial charge in [-0.05, 0) is 56.7 Å². The highest BCUT2D eigenvalue weighted by Crippen LogP contribution is 2.24. The lowest BCUT2D eigenvalue weighted by atomic mass is 9.87. The van der Waals surface area contributed by atoms with E-state index in [0.29, 0.717) is 5.92 Å². The van der Waals surface area contributed by atoms with E-state index in [-0.39, 0.29) is 18.0 Å². The molecule has 1 aromatic rings. The van der Waals surface area contributed by atoms with Crippen LogP contribution in [0.1, 0.15) is 50.8 Å². The molecule has 1 aliphatic carbocycles. The molecule has 0 aromatic carbocycles. The molecular formula is C15H23FN2O. The number of hydrogen-bond acceptors (Lipinski definition) is 3. The first-order valence-corrected chi connectivity index (χ1v) is 7.22. The molecule has 0 bridgehead atoms. The number of nitrogens with one attached hydrogen (secondary N) is 1. The molecule has 2 N–H and O–H groups in total. The van der Waals surface area contributed by atoms with Crippen molar-refractivity contribution in [1.82, 2.24) is 10.3 Å². The number of hydrogen-bond donors (Lipinski definition) is 2. The Kier molecular flexibility index (Phi) is 5.28. The number of halogens is 1. The molecule has 19 heavy (non-hydrogen) atoms. The number of aliphatic hydroxyl groups is 1. The predicted molar refractivity (Wildman–Crippen MR) is 73.2 cm³/mol. The van der Waals surface area contributed by atoms with Gasteiger partial charge in [0.2, 0.25) is 0 Å². The molecule has 1 heterocycles. The van der Waals surface area contributed by atoms with Crippen molar-refractivity contribution >= 4 is 0 Å². The van der Waals surface area contributed by atoms with Gasteiger partial charge in [0.25, 0.3) is 0 Å². The van der Waals surface area contributed by atoms with Crippen LogP contribution in [0.15, 0.2) is 18.3 Å². The number of rotatable bonds is 5. The molecule has 0 saturated heterocycles. The van der Waals surface area contributed by atoms with Crippen LogP contribution < -0.4 is 5.32 Å². The Morgan fingerprint density at radius 2 is 2.11 bits per heavy atom. The van der Waals surface area contributed by atoms with Gasteiger partial charge < -0.3 is 10.4 Å². The second-order valence-corrected chi connectivity index (χ2v) is 5.44. The van der Waals surface area contributed by atoms with Gasteiger partial charge in [-0.15, -0.1) is 0 Å². The molecule has 4 heteroatoms. The third-order valence-electron chi connectivity index (χ3n) is 3.98. The summed E-state index contributed by atoms with van der Waals surface area (Å²) in [6, 6.07) is 3.40. The van der Waals surface area contributed by atoms with Crippen molar-refractivity contribution < 1.29 is 9.50 Å². The Morgan fingerprint density at radius 3 is 2.68 bits per heavy atom.